The summed E-state index contributed by atoms with van der Waals surface area (Å²) in [5, 5.41) is 21.7. The number of nitrogens with one attached hydrogen (secondary N) is 3. The van der Waals surface area contributed by atoms with E-state index in [1.165, 1.54) is 0 Å². The Morgan fingerprint density at radius 3 is 2.42 bits per heavy atom. The number of nitrogens with zero attached hydrogens (tertiary/aromatic N) is 1. The average Bonchev–Trinajstić information content (AvgIpc) is 2.81. The van der Waals surface area contributed by atoms with E-state index in [1.54, 1.807) is 43.3 Å². The number of benzene rings is 2. The fraction of sp³-hybridized carbons (Fsp3) is 0.360. The van der Waals surface area contributed by atoms with Gasteiger partial charge < -0.3 is 26.2 Å². The van der Waals surface area contributed by atoms with E-state index in [0.29, 0.717) is 48.4 Å². The van der Waals surface area contributed by atoms with Crippen LogP contribution in [0.4, 0.5) is 5.69 Å². The number of amidine groups is 1. The fourth-order valence-corrected chi connectivity index (χ4v) is 3.96. The first-order valence-corrected chi connectivity index (χ1v) is 11.6. The Bertz CT molecular complexity index is 1120. The van der Waals surface area contributed by atoms with E-state index in [9.17, 15) is 14.4 Å². The molecule has 10 nitrogen and oxygen atoms in total. The summed E-state index contributed by atoms with van der Waals surface area (Å²) in [4.78, 5) is 37.3. The lowest BCUT2D eigenvalue weighted by atomic mass is 9.91. The van der Waals surface area contributed by atoms with Gasteiger partial charge in [-0.15, -0.1) is 0 Å². The second kappa shape index (κ2) is 12.2. The highest BCUT2D eigenvalue weighted by atomic mass is 16.5. The quantitative estimate of drug-likeness (QED) is 0.143. The predicted molar refractivity (Wildman–Crippen MR) is 137 cm³/mol. The molecule has 1 aliphatic rings. The van der Waals surface area contributed by atoms with Gasteiger partial charge in [-0.3, -0.25) is 24.7 Å². The molecule has 2 aromatic rings. The lowest BCUT2D eigenvalue weighted by Crippen LogP contribution is -2.41. The number of nitrogen functional groups attached to an aromatic ring is 1. The van der Waals surface area contributed by atoms with Gasteiger partial charge in [0.2, 0.25) is 11.8 Å². The van der Waals surface area contributed by atoms with Crippen LogP contribution in [0.2, 0.25) is 0 Å². The number of aliphatic carboxylic acids is 1. The maximum atomic E-state index is 12.4. The molecule has 3 rings (SSSR count). The fourth-order valence-electron chi connectivity index (χ4n) is 3.96. The summed E-state index contributed by atoms with van der Waals surface area (Å²) in [5.41, 5.74) is 7.66. The van der Waals surface area contributed by atoms with Crippen molar-refractivity contribution < 1.29 is 24.2 Å². The lowest BCUT2D eigenvalue weighted by Gasteiger charge is -2.31. The minimum absolute atomic E-state index is 0.0308. The highest BCUT2D eigenvalue weighted by Crippen LogP contribution is 2.20. The van der Waals surface area contributed by atoms with E-state index in [4.69, 9.17) is 28.8 Å². The molecule has 2 radical (unpaired) electrons. The summed E-state index contributed by atoms with van der Waals surface area (Å²) >= 11 is 0. The number of hydrogen-bond donors (Lipinski definition) is 5. The Hall–Kier alpha value is -3.86. The number of carboxylic acid groups (broad SMARTS) is 1. The summed E-state index contributed by atoms with van der Waals surface area (Å²) in [6.07, 6.45) is 1.03. The number of ether oxygens (including phenoxy) is 1. The summed E-state index contributed by atoms with van der Waals surface area (Å²) in [7, 11) is 6.19. The summed E-state index contributed by atoms with van der Waals surface area (Å²) in [6.45, 7) is 3.12. The largest absolute Gasteiger partial charge is 0.491 e. The van der Waals surface area contributed by atoms with Crippen LogP contribution in [0.1, 0.15) is 43.4 Å². The number of carbonyl (C=O) groups is 3. The highest BCUT2D eigenvalue weighted by Gasteiger charge is 2.22. The molecule has 11 heteroatoms. The molecule has 0 bridgehead atoms. The standard InChI is InChI=1S/C25H30BN5O5/c1-15(29-22(32)13-23(33)30-18-5-2-16(3-6-18)25(27)28)17-4-7-21(20(26)12-17)36-19-8-10-31(11-9-19)14-24(34)35/h2-7,12,15,19H,8-11,13-14H2,1H3,(H3,27,28)(H,29,32)(H,30,33)(H,34,35). The third-order valence-corrected chi connectivity index (χ3v) is 5.90. The monoisotopic (exact) mass is 491 g/mol. The Balaban J connectivity index is 1.47. The van der Waals surface area contributed by atoms with Gasteiger partial charge in [0.1, 0.15) is 32.0 Å². The van der Waals surface area contributed by atoms with Gasteiger partial charge in [-0.05, 0) is 55.7 Å². The zero-order valence-electron chi connectivity index (χ0n) is 20.1. The first-order chi connectivity index (χ1) is 17.1. The minimum atomic E-state index is -0.837. The molecule has 2 aromatic carbocycles. The molecular formula is C25H30BN5O5. The van der Waals surface area contributed by atoms with Crippen LogP contribution in [-0.4, -0.2) is 67.2 Å². The number of nitrogens with two attached hydrogens (primary N) is 1. The van der Waals surface area contributed by atoms with Crippen molar-refractivity contribution in [3.63, 3.8) is 0 Å². The Labute approximate surface area is 211 Å². The van der Waals surface area contributed by atoms with E-state index >= 15 is 0 Å². The minimum Gasteiger partial charge on any atom is -0.491 e. The predicted octanol–water partition coefficient (Wildman–Crippen LogP) is 0.898. The van der Waals surface area contributed by atoms with E-state index < -0.39 is 17.8 Å². The van der Waals surface area contributed by atoms with Crippen molar-refractivity contribution in [2.45, 2.75) is 38.3 Å². The highest BCUT2D eigenvalue weighted by molar-refractivity contribution is 6.34. The van der Waals surface area contributed by atoms with Gasteiger partial charge in [-0.1, -0.05) is 17.6 Å². The summed E-state index contributed by atoms with van der Waals surface area (Å²) in [6, 6.07) is 11.4. The number of anilines is 1. The molecule has 1 fully saturated rings. The molecule has 1 heterocycles. The van der Waals surface area contributed by atoms with Gasteiger partial charge >= 0.3 is 5.97 Å². The summed E-state index contributed by atoms with van der Waals surface area (Å²) in [5.74, 6) is -1.26. The van der Waals surface area contributed by atoms with Crippen molar-refractivity contribution >= 4 is 42.6 Å². The molecular weight excluding hydrogens is 461 g/mol. The topological polar surface area (TPSA) is 158 Å². The normalized spacial score (nSPS) is 15.0. The van der Waals surface area contributed by atoms with Crippen molar-refractivity contribution in [3.05, 3.63) is 53.6 Å². The van der Waals surface area contributed by atoms with Crippen molar-refractivity contribution in [2.24, 2.45) is 5.73 Å². The Morgan fingerprint density at radius 1 is 1.17 bits per heavy atom. The van der Waals surface area contributed by atoms with Crippen LogP contribution in [0, 0.1) is 5.41 Å². The molecule has 2 amide bonds. The molecule has 0 saturated carbocycles. The number of likely N-dealkylation sites (tertiary alicyclic amines) is 1. The maximum Gasteiger partial charge on any atom is 0.317 e. The molecule has 1 aliphatic heterocycles. The third kappa shape index (κ3) is 7.84. The number of carbonyl (C=O) groups excluding carboxylic acids is 2. The van der Waals surface area contributed by atoms with Crippen molar-refractivity contribution in [1.82, 2.24) is 10.2 Å². The van der Waals surface area contributed by atoms with Crippen LogP contribution >= 0.6 is 0 Å². The van der Waals surface area contributed by atoms with Gasteiger partial charge in [0.25, 0.3) is 0 Å². The summed E-state index contributed by atoms with van der Waals surface area (Å²) < 4.78 is 6.03. The molecule has 0 spiro atoms. The molecule has 0 aliphatic carbocycles. The van der Waals surface area contributed by atoms with Gasteiger partial charge in [0, 0.05) is 24.3 Å². The number of piperidine rings is 1. The van der Waals surface area contributed by atoms with Crippen molar-refractivity contribution in [3.8, 4) is 5.75 Å². The molecule has 1 unspecified atom stereocenters. The number of carboxylic acids is 1. The average molecular weight is 491 g/mol. The number of hydrogen-bond acceptors (Lipinski definition) is 6. The zero-order chi connectivity index (χ0) is 26.2. The second-order valence-corrected chi connectivity index (χ2v) is 8.79. The molecule has 6 N–H and O–H groups in total. The number of amides is 2. The first kappa shape index (κ1) is 26.7. The molecule has 188 valence electrons. The van der Waals surface area contributed by atoms with Crippen LogP contribution in [0.25, 0.3) is 0 Å². The third-order valence-electron chi connectivity index (χ3n) is 5.90. The van der Waals surface area contributed by atoms with Gasteiger partial charge in [-0.2, -0.15) is 0 Å². The molecule has 1 atom stereocenters. The number of rotatable bonds is 10. The van der Waals surface area contributed by atoms with Crippen LogP contribution in [0.5, 0.6) is 5.75 Å². The van der Waals surface area contributed by atoms with Crippen molar-refractivity contribution in [2.75, 3.05) is 25.0 Å². The first-order valence-electron chi connectivity index (χ1n) is 11.6. The van der Waals surface area contributed by atoms with E-state index in [-0.39, 0.29) is 30.9 Å². The van der Waals surface area contributed by atoms with Crippen LogP contribution in [-0.2, 0) is 14.4 Å². The van der Waals surface area contributed by atoms with Gasteiger partial charge in [0.05, 0.1) is 12.6 Å². The molecule has 36 heavy (non-hydrogen) atoms. The lowest BCUT2D eigenvalue weighted by molar-refractivity contribution is -0.138. The van der Waals surface area contributed by atoms with Crippen molar-refractivity contribution in [1.29, 1.82) is 5.41 Å². The van der Waals surface area contributed by atoms with Crippen LogP contribution in [0.3, 0.4) is 0 Å². The molecule has 0 aromatic heterocycles. The molecule has 1 saturated heterocycles. The Morgan fingerprint density at radius 2 is 1.83 bits per heavy atom. The Kier molecular flexibility index (Phi) is 9.07. The SMILES string of the molecule is [B]c1cc(C(C)NC(=O)CC(=O)Nc2ccc(C(=N)N)cc2)ccc1OC1CCN(CC(=O)O)CC1. The van der Waals surface area contributed by atoms with E-state index in [0.717, 1.165) is 5.56 Å². The van der Waals surface area contributed by atoms with Gasteiger partial charge in [0.15, 0.2) is 0 Å². The maximum absolute atomic E-state index is 12.4. The van der Waals surface area contributed by atoms with Crippen LogP contribution < -0.4 is 26.6 Å². The van der Waals surface area contributed by atoms with E-state index in [1.807, 2.05) is 11.0 Å². The van der Waals surface area contributed by atoms with Crippen LogP contribution in [0.15, 0.2) is 42.5 Å². The van der Waals surface area contributed by atoms with Gasteiger partial charge in [-0.25, -0.2) is 0 Å². The zero-order valence-corrected chi connectivity index (χ0v) is 20.1. The smallest absolute Gasteiger partial charge is 0.317 e. The van der Waals surface area contributed by atoms with E-state index in [2.05, 4.69) is 10.6 Å². The second-order valence-electron chi connectivity index (χ2n) is 8.79.